The molecule has 1 saturated heterocycles. The molecule has 1 aromatic rings. The van der Waals surface area contributed by atoms with Gasteiger partial charge in [-0.05, 0) is 47.6 Å². The van der Waals surface area contributed by atoms with Crippen LogP contribution in [0.15, 0.2) is 33.7 Å². The van der Waals surface area contributed by atoms with Crippen molar-refractivity contribution in [2.75, 3.05) is 26.9 Å². The second-order valence-electron chi connectivity index (χ2n) is 9.04. The second kappa shape index (κ2) is 15.9. The summed E-state index contributed by atoms with van der Waals surface area (Å²) >= 11 is 0. The van der Waals surface area contributed by atoms with Gasteiger partial charge in [0.2, 0.25) is 0 Å². The van der Waals surface area contributed by atoms with Gasteiger partial charge >= 0.3 is 13.3 Å². The lowest BCUT2D eigenvalue weighted by Gasteiger charge is -2.38. The van der Waals surface area contributed by atoms with Gasteiger partial charge in [0.05, 0.1) is 32.3 Å². The zero-order valence-electron chi connectivity index (χ0n) is 23.5. The molecule has 15 heteroatoms. The molecule has 13 nitrogen and oxygen atoms in total. The lowest BCUT2D eigenvalue weighted by Crippen LogP contribution is -2.41. The molecule has 2 unspecified atom stereocenters. The van der Waals surface area contributed by atoms with Gasteiger partial charge in [0.1, 0.15) is 18.3 Å². The predicted molar refractivity (Wildman–Crippen MR) is 146 cm³/mol. The van der Waals surface area contributed by atoms with E-state index in [9.17, 15) is 14.2 Å². The van der Waals surface area contributed by atoms with Crippen molar-refractivity contribution in [3.05, 3.63) is 45.0 Å². The molecule has 2 heterocycles. The van der Waals surface area contributed by atoms with Crippen LogP contribution in [-0.4, -0.2) is 71.5 Å². The molecule has 220 valence electrons. The molecule has 1 N–H and O–H groups in total. The van der Waals surface area contributed by atoms with E-state index in [1.165, 1.54) is 35.8 Å². The van der Waals surface area contributed by atoms with Crippen LogP contribution in [0.1, 0.15) is 54.2 Å². The predicted octanol–water partition coefficient (Wildman–Crippen LogP) is 3.89. The van der Waals surface area contributed by atoms with E-state index < -0.39 is 51.9 Å². The fourth-order valence-corrected chi connectivity index (χ4v) is 7.21. The van der Waals surface area contributed by atoms with E-state index in [1.807, 2.05) is 32.4 Å². The summed E-state index contributed by atoms with van der Waals surface area (Å²) < 4.78 is 51.8. The first kappa shape index (κ1) is 33.5. The minimum absolute atomic E-state index is 0.0317. The van der Waals surface area contributed by atoms with Gasteiger partial charge in [0, 0.05) is 37.3 Å². The van der Waals surface area contributed by atoms with Crippen LogP contribution in [0, 0.1) is 11.3 Å². The average Bonchev–Trinajstić information content (AvgIpc) is 3.19. The second-order valence-corrected chi connectivity index (χ2v) is 12.3. The number of aromatic nitrogens is 2. The van der Waals surface area contributed by atoms with Gasteiger partial charge in [0.15, 0.2) is 6.23 Å². The molecule has 1 fully saturated rings. The number of nitriles is 1. The molecule has 0 saturated carbocycles. The van der Waals surface area contributed by atoms with Crippen molar-refractivity contribution in [2.45, 2.75) is 84.6 Å². The maximum Gasteiger partial charge on any atom is 0.353 e. The number of methoxy groups -OCH3 is 1. The Kier molecular flexibility index (Phi) is 13.7. The topological polar surface area (TPSA) is 154 Å². The first-order valence-electron chi connectivity index (χ1n) is 12.8. The Labute approximate surface area is 230 Å². The van der Waals surface area contributed by atoms with E-state index in [1.54, 1.807) is 13.8 Å². The summed E-state index contributed by atoms with van der Waals surface area (Å²) in [5.41, 5.74) is -1.24. The first-order valence-corrected chi connectivity index (χ1v) is 15.6. The van der Waals surface area contributed by atoms with Crippen molar-refractivity contribution in [1.82, 2.24) is 14.2 Å². The molecule has 0 aromatic carbocycles. The molecule has 0 spiro atoms. The standard InChI is InChI=1S/C24H40N4O9P2/c1-8-34-39(31,35-9-2)16-12-19-21(37-38(33-15-10-13-25)28(17(3)4)18(5)6)22(32-7)23(36-19)27-14-11-20(29)26-24(27)30/h11-12,14,16-19,21-23H,8-10,15H2,1-7H3,(H,26,29,30)/b16-12+/t19-,21?,22+,23-,38?/m1/s1. The lowest BCUT2D eigenvalue weighted by molar-refractivity contribution is -0.0482. The molecule has 39 heavy (non-hydrogen) atoms. The Morgan fingerprint density at radius 2 is 1.85 bits per heavy atom. The molecule has 1 aromatic heterocycles. The molecule has 0 amide bonds. The average molecular weight is 591 g/mol. The van der Waals surface area contributed by atoms with Crippen LogP contribution in [0.4, 0.5) is 0 Å². The van der Waals surface area contributed by atoms with Crippen LogP contribution < -0.4 is 11.2 Å². The van der Waals surface area contributed by atoms with Crippen LogP contribution in [0.25, 0.3) is 0 Å². The molecule has 1 aliphatic rings. The zero-order valence-corrected chi connectivity index (χ0v) is 25.3. The summed E-state index contributed by atoms with van der Waals surface area (Å²) in [7, 11) is -3.86. The normalized spacial score (nSPS) is 22.8. The molecule has 0 radical (unpaired) electrons. The quantitative estimate of drug-likeness (QED) is 0.220. The molecule has 5 atom stereocenters. The van der Waals surface area contributed by atoms with E-state index in [4.69, 9.17) is 32.8 Å². The fraction of sp³-hybridized carbons (Fsp3) is 0.708. The minimum atomic E-state index is -3.59. The van der Waals surface area contributed by atoms with Gasteiger partial charge in [-0.15, -0.1) is 0 Å². The highest BCUT2D eigenvalue weighted by Gasteiger charge is 2.49. The van der Waals surface area contributed by atoms with Crippen LogP contribution in [0.3, 0.4) is 0 Å². The SMILES string of the molecule is CCOP(=O)(/C=C/[C@H]1O[C@@H](n2ccc(=O)[nH]c2=O)[C@@H](OC)C1OP(OCCC#N)N(C(C)C)C(C)C)OCC. The Bertz CT molecular complexity index is 1120. The summed E-state index contributed by atoms with van der Waals surface area (Å²) in [5, 5.41) is 9.05. The van der Waals surface area contributed by atoms with Crippen LogP contribution in [-0.2, 0) is 32.1 Å². The molecular formula is C24H40N4O9P2. The number of nitrogens with one attached hydrogen (secondary N) is 1. The third-order valence-corrected chi connectivity index (χ3v) is 9.47. The van der Waals surface area contributed by atoms with Gasteiger partial charge in [-0.1, -0.05) is 0 Å². The van der Waals surface area contributed by atoms with E-state index >= 15 is 0 Å². The Balaban J connectivity index is 2.56. The molecule has 0 bridgehead atoms. The zero-order chi connectivity index (χ0) is 29.2. The van der Waals surface area contributed by atoms with Crippen molar-refractivity contribution in [3.63, 3.8) is 0 Å². The summed E-state index contributed by atoms with van der Waals surface area (Å²) in [6, 6.07) is 3.33. The highest BCUT2D eigenvalue weighted by Crippen LogP contribution is 2.52. The van der Waals surface area contributed by atoms with Crippen molar-refractivity contribution in [2.24, 2.45) is 0 Å². The summed E-state index contributed by atoms with van der Waals surface area (Å²) in [6.45, 7) is 11.9. The summed E-state index contributed by atoms with van der Waals surface area (Å²) in [6.07, 6.45) is -0.567. The smallest absolute Gasteiger partial charge is 0.353 e. The highest BCUT2D eigenvalue weighted by atomic mass is 31.2. The summed E-state index contributed by atoms with van der Waals surface area (Å²) in [5.74, 6) is 1.31. The number of H-pyrrole nitrogens is 1. The first-order chi connectivity index (χ1) is 18.5. The van der Waals surface area contributed by atoms with Gasteiger partial charge in [-0.3, -0.25) is 18.9 Å². The van der Waals surface area contributed by atoms with Gasteiger partial charge < -0.3 is 27.6 Å². The number of aromatic amines is 1. The van der Waals surface area contributed by atoms with E-state index in [2.05, 4.69) is 11.1 Å². The van der Waals surface area contributed by atoms with Crippen molar-refractivity contribution >= 4 is 16.1 Å². The Morgan fingerprint density at radius 3 is 2.36 bits per heavy atom. The number of nitrogens with zero attached hydrogens (tertiary/aromatic N) is 3. The van der Waals surface area contributed by atoms with Crippen molar-refractivity contribution < 1.29 is 32.1 Å². The van der Waals surface area contributed by atoms with Crippen molar-refractivity contribution in [1.29, 1.82) is 5.26 Å². The van der Waals surface area contributed by atoms with Crippen LogP contribution >= 0.6 is 16.1 Å². The van der Waals surface area contributed by atoms with E-state index in [0.717, 1.165) is 0 Å². The maximum atomic E-state index is 13.1. The Morgan fingerprint density at radius 1 is 1.21 bits per heavy atom. The van der Waals surface area contributed by atoms with Crippen molar-refractivity contribution in [3.8, 4) is 6.07 Å². The third kappa shape index (κ3) is 9.15. The minimum Gasteiger partial charge on any atom is -0.374 e. The van der Waals surface area contributed by atoms with Crippen LogP contribution in [0.5, 0.6) is 0 Å². The molecule has 1 aliphatic heterocycles. The number of ether oxygens (including phenoxy) is 2. The van der Waals surface area contributed by atoms with Crippen LogP contribution in [0.2, 0.25) is 0 Å². The molecule has 0 aliphatic carbocycles. The third-order valence-electron chi connectivity index (χ3n) is 5.57. The lowest BCUT2D eigenvalue weighted by atomic mass is 10.1. The van der Waals surface area contributed by atoms with Gasteiger partial charge in [-0.2, -0.15) is 5.26 Å². The fourth-order valence-electron chi connectivity index (χ4n) is 4.11. The maximum absolute atomic E-state index is 13.1. The summed E-state index contributed by atoms with van der Waals surface area (Å²) in [4.78, 5) is 26.5. The number of rotatable bonds is 16. The molecular weight excluding hydrogens is 550 g/mol. The highest BCUT2D eigenvalue weighted by molar-refractivity contribution is 7.57. The number of hydrogen-bond acceptors (Lipinski definition) is 11. The van der Waals surface area contributed by atoms with E-state index in [-0.39, 0.29) is 38.3 Å². The molecule has 2 rings (SSSR count). The van der Waals surface area contributed by atoms with E-state index in [0.29, 0.717) is 0 Å². The van der Waals surface area contributed by atoms with Gasteiger partial charge in [-0.25, -0.2) is 9.46 Å². The monoisotopic (exact) mass is 590 g/mol. The van der Waals surface area contributed by atoms with Gasteiger partial charge in [0.25, 0.3) is 14.1 Å². The Hall–Kier alpha value is -1.71. The number of hydrogen-bond donors (Lipinski definition) is 1. The largest absolute Gasteiger partial charge is 0.374 e.